The third-order valence-electron chi connectivity index (χ3n) is 2.27. The molecule has 0 spiro atoms. The Morgan fingerprint density at radius 3 is 2.80 bits per heavy atom. The molecule has 1 saturated heterocycles. The minimum Gasteiger partial charge on any atom is -0.353 e. The van der Waals surface area contributed by atoms with E-state index in [1.807, 2.05) is 0 Å². The Hall–Kier alpha value is 0.420. The number of carbonyl (C=O) groups excluding carboxylic acids is 1. The molecule has 0 unspecified atom stereocenters. The van der Waals surface area contributed by atoms with Gasteiger partial charge in [-0.05, 0) is 20.1 Å². The van der Waals surface area contributed by atoms with Crippen LogP contribution in [0.3, 0.4) is 0 Å². The lowest BCUT2D eigenvalue weighted by molar-refractivity contribution is -0.122. The van der Waals surface area contributed by atoms with Crippen molar-refractivity contribution in [1.82, 2.24) is 10.6 Å². The first kappa shape index (κ1) is 15.4. The van der Waals surface area contributed by atoms with Crippen LogP contribution in [0.5, 0.6) is 0 Å². The maximum absolute atomic E-state index is 11.6. The van der Waals surface area contributed by atoms with Crippen LogP contribution in [0.15, 0.2) is 0 Å². The first-order valence-corrected chi connectivity index (χ1v) is 7.07. The average Bonchev–Trinajstić information content (AvgIpc) is 2.67. The summed E-state index contributed by atoms with van der Waals surface area (Å²) in [5.41, 5.74) is 0. The number of rotatable bonds is 4. The molecule has 0 aromatic carbocycles. The highest BCUT2D eigenvalue weighted by molar-refractivity contribution is 8.00. The third-order valence-corrected chi connectivity index (χ3v) is 4.46. The maximum atomic E-state index is 11.6. The van der Waals surface area contributed by atoms with Gasteiger partial charge in [-0.1, -0.05) is 0 Å². The largest absolute Gasteiger partial charge is 0.353 e. The lowest BCUT2D eigenvalue weighted by Crippen LogP contribution is -2.46. The minimum atomic E-state index is 0. The molecule has 2 N–H and O–H groups in total. The topological polar surface area (TPSA) is 41.1 Å². The number of halogens is 1. The first-order chi connectivity index (χ1) is 6.55. The van der Waals surface area contributed by atoms with Crippen LogP contribution >= 0.6 is 35.9 Å². The maximum Gasteiger partial charge on any atom is 0.238 e. The van der Waals surface area contributed by atoms with Gasteiger partial charge in [0.25, 0.3) is 0 Å². The van der Waals surface area contributed by atoms with Crippen molar-refractivity contribution in [2.75, 3.05) is 24.4 Å². The van der Waals surface area contributed by atoms with Crippen LogP contribution in [0.25, 0.3) is 0 Å². The van der Waals surface area contributed by atoms with Crippen molar-refractivity contribution in [3.63, 3.8) is 0 Å². The highest BCUT2D eigenvalue weighted by atomic mass is 35.5. The zero-order valence-corrected chi connectivity index (χ0v) is 11.8. The third kappa shape index (κ3) is 5.33. The lowest BCUT2D eigenvalue weighted by atomic mass is 10.2. The fourth-order valence-corrected chi connectivity index (χ4v) is 2.22. The normalized spacial score (nSPS) is 20.9. The summed E-state index contributed by atoms with van der Waals surface area (Å²) in [5.74, 6) is 1.92. The molecular weight excluding hydrogens is 252 g/mol. The van der Waals surface area contributed by atoms with E-state index in [-0.39, 0.29) is 29.1 Å². The predicted octanol–water partition coefficient (Wildman–Crippen LogP) is 1.33. The van der Waals surface area contributed by atoms with Crippen molar-refractivity contribution in [3.05, 3.63) is 0 Å². The van der Waals surface area contributed by atoms with Crippen LogP contribution in [-0.2, 0) is 4.79 Å². The van der Waals surface area contributed by atoms with Crippen LogP contribution in [0, 0.1) is 0 Å². The number of amides is 1. The Bertz CT molecular complexity index is 208. The number of nitrogens with one attached hydrogen (secondary N) is 2. The van der Waals surface area contributed by atoms with E-state index in [9.17, 15) is 4.79 Å². The SMILES string of the molecule is CSC(C)(C)CNC(=O)[C@H]1CSCN1.Cl. The molecule has 90 valence electrons. The predicted molar refractivity (Wildman–Crippen MR) is 72.1 cm³/mol. The molecule has 1 atom stereocenters. The summed E-state index contributed by atoms with van der Waals surface area (Å²) in [6.45, 7) is 5.00. The van der Waals surface area contributed by atoms with Crippen LogP contribution in [0.2, 0.25) is 0 Å². The second kappa shape index (κ2) is 6.89. The van der Waals surface area contributed by atoms with E-state index in [4.69, 9.17) is 0 Å². The highest BCUT2D eigenvalue weighted by Crippen LogP contribution is 2.19. The molecule has 1 fully saturated rings. The number of hydrogen-bond acceptors (Lipinski definition) is 4. The van der Waals surface area contributed by atoms with Gasteiger partial charge in [0.1, 0.15) is 0 Å². The standard InChI is InChI=1S/C9H18N2OS2.ClH/c1-9(2,13-3)5-10-8(12)7-4-14-6-11-7;/h7,11H,4-6H2,1-3H3,(H,10,12);1H/t7-;/m1./s1. The van der Waals surface area contributed by atoms with E-state index in [1.54, 1.807) is 23.5 Å². The molecule has 1 aliphatic heterocycles. The number of carbonyl (C=O) groups is 1. The van der Waals surface area contributed by atoms with Crippen molar-refractivity contribution < 1.29 is 4.79 Å². The Morgan fingerprint density at radius 1 is 1.67 bits per heavy atom. The Labute approximate surface area is 106 Å². The fourth-order valence-electron chi connectivity index (χ4n) is 1.06. The average molecular weight is 271 g/mol. The van der Waals surface area contributed by atoms with E-state index in [0.29, 0.717) is 0 Å². The minimum absolute atomic E-state index is 0. The van der Waals surface area contributed by atoms with Gasteiger partial charge in [-0.15, -0.1) is 24.2 Å². The Balaban J connectivity index is 0.00000196. The second-order valence-electron chi connectivity index (χ2n) is 3.95. The monoisotopic (exact) mass is 270 g/mol. The molecular formula is C9H19ClN2OS2. The molecule has 1 rings (SSSR count). The summed E-state index contributed by atoms with van der Waals surface area (Å²) in [6.07, 6.45) is 2.07. The van der Waals surface area contributed by atoms with Gasteiger partial charge in [0, 0.05) is 22.9 Å². The van der Waals surface area contributed by atoms with E-state index in [0.717, 1.165) is 18.2 Å². The van der Waals surface area contributed by atoms with E-state index >= 15 is 0 Å². The first-order valence-electron chi connectivity index (χ1n) is 4.69. The quantitative estimate of drug-likeness (QED) is 0.809. The van der Waals surface area contributed by atoms with Gasteiger partial charge >= 0.3 is 0 Å². The fraction of sp³-hybridized carbons (Fsp3) is 0.889. The van der Waals surface area contributed by atoms with Crippen LogP contribution in [0.4, 0.5) is 0 Å². The summed E-state index contributed by atoms with van der Waals surface area (Å²) in [5, 5.41) is 6.13. The van der Waals surface area contributed by atoms with E-state index in [1.165, 1.54) is 0 Å². The molecule has 0 radical (unpaired) electrons. The molecule has 6 heteroatoms. The molecule has 0 bridgehead atoms. The van der Waals surface area contributed by atoms with E-state index in [2.05, 4.69) is 30.7 Å². The van der Waals surface area contributed by atoms with Crippen molar-refractivity contribution in [2.24, 2.45) is 0 Å². The molecule has 3 nitrogen and oxygen atoms in total. The summed E-state index contributed by atoms with van der Waals surface area (Å²) in [6, 6.07) is 0.0117. The van der Waals surface area contributed by atoms with Crippen LogP contribution in [-0.4, -0.2) is 41.1 Å². The smallest absolute Gasteiger partial charge is 0.238 e. The van der Waals surface area contributed by atoms with Gasteiger partial charge in [-0.3, -0.25) is 10.1 Å². The molecule has 1 heterocycles. The van der Waals surface area contributed by atoms with Gasteiger partial charge in [0.05, 0.1) is 6.04 Å². The van der Waals surface area contributed by atoms with Crippen molar-refractivity contribution >= 4 is 41.8 Å². The van der Waals surface area contributed by atoms with E-state index < -0.39 is 0 Å². The van der Waals surface area contributed by atoms with Crippen molar-refractivity contribution in [2.45, 2.75) is 24.6 Å². The number of hydrogen-bond donors (Lipinski definition) is 2. The van der Waals surface area contributed by atoms with Crippen molar-refractivity contribution in [3.8, 4) is 0 Å². The van der Waals surface area contributed by atoms with Gasteiger partial charge < -0.3 is 5.32 Å². The highest BCUT2D eigenvalue weighted by Gasteiger charge is 2.24. The zero-order valence-electron chi connectivity index (χ0n) is 9.33. The molecule has 1 amide bonds. The molecule has 1 aliphatic rings. The molecule has 15 heavy (non-hydrogen) atoms. The second-order valence-corrected chi connectivity index (χ2v) is 6.50. The Morgan fingerprint density at radius 2 is 2.33 bits per heavy atom. The van der Waals surface area contributed by atoms with Gasteiger partial charge in [-0.2, -0.15) is 11.8 Å². The summed E-state index contributed by atoms with van der Waals surface area (Å²) >= 11 is 3.54. The van der Waals surface area contributed by atoms with Crippen LogP contribution < -0.4 is 10.6 Å². The van der Waals surface area contributed by atoms with Gasteiger partial charge in [-0.25, -0.2) is 0 Å². The zero-order chi connectivity index (χ0) is 10.6. The van der Waals surface area contributed by atoms with Crippen molar-refractivity contribution in [1.29, 1.82) is 0 Å². The molecule has 0 aromatic rings. The molecule has 0 saturated carbocycles. The summed E-state index contributed by atoms with van der Waals surface area (Å²) in [7, 11) is 0. The summed E-state index contributed by atoms with van der Waals surface area (Å²) < 4.78 is 0.126. The molecule has 0 aromatic heterocycles. The van der Waals surface area contributed by atoms with Gasteiger partial charge in [0.2, 0.25) is 5.91 Å². The number of thioether (sulfide) groups is 2. The van der Waals surface area contributed by atoms with Crippen LogP contribution in [0.1, 0.15) is 13.8 Å². The Kier molecular flexibility index (Phi) is 7.08. The summed E-state index contributed by atoms with van der Waals surface area (Å²) in [4.78, 5) is 11.6. The van der Waals surface area contributed by atoms with Gasteiger partial charge in [0.15, 0.2) is 0 Å². The lowest BCUT2D eigenvalue weighted by Gasteiger charge is -2.23. The molecule has 0 aliphatic carbocycles.